The summed E-state index contributed by atoms with van der Waals surface area (Å²) in [6.07, 6.45) is 1.80. The number of hydrogen-bond donors (Lipinski definition) is 2. The van der Waals surface area contributed by atoms with Crippen molar-refractivity contribution in [2.24, 2.45) is 5.84 Å². The van der Waals surface area contributed by atoms with E-state index in [0.717, 1.165) is 16.5 Å². The van der Waals surface area contributed by atoms with Gasteiger partial charge in [-0.3, -0.25) is 10.6 Å². The molecule has 3 N–H and O–H groups in total. The molecule has 0 aliphatic carbocycles. The van der Waals surface area contributed by atoms with Gasteiger partial charge < -0.3 is 9.99 Å². The molecular formula is C11H13N3O. The number of nitrogens with one attached hydrogen (secondary N) is 1. The van der Waals surface area contributed by atoms with E-state index in [4.69, 9.17) is 5.84 Å². The summed E-state index contributed by atoms with van der Waals surface area (Å²) in [6, 6.07) is 7.36. The molecule has 0 fully saturated rings. The van der Waals surface area contributed by atoms with Crippen LogP contribution in [0.25, 0.3) is 10.8 Å². The van der Waals surface area contributed by atoms with E-state index in [1.807, 2.05) is 19.1 Å². The Kier molecular flexibility index (Phi) is 2.43. The van der Waals surface area contributed by atoms with Gasteiger partial charge in [-0.2, -0.15) is 0 Å². The number of benzene rings is 1. The van der Waals surface area contributed by atoms with E-state index in [0.29, 0.717) is 6.54 Å². The predicted octanol–water partition coefficient (Wildman–Crippen LogP) is 1.31. The van der Waals surface area contributed by atoms with Crippen molar-refractivity contribution in [3.63, 3.8) is 0 Å². The summed E-state index contributed by atoms with van der Waals surface area (Å²) < 4.78 is 1.68. The van der Waals surface area contributed by atoms with E-state index in [9.17, 15) is 4.79 Å². The van der Waals surface area contributed by atoms with Gasteiger partial charge in [0, 0.05) is 23.8 Å². The first-order valence-corrected chi connectivity index (χ1v) is 4.86. The molecule has 0 aliphatic heterocycles. The van der Waals surface area contributed by atoms with Crippen molar-refractivity contribution in [2.75, 3.05) is 5.43 Å². The molecule has 0 atom stereocenters. The zero-order valence-electron chi connectivity index (χ0n) is 8.53. The van der Waals surface area contributed by atoms with Crippen LogP contribution in [-0.4, -0.2) is 4.57 Å². The van der Waals surface area contributed by atoms with Crippen molar-refractivity contribution in [1.29, 1.82) is 0 Å². The van der Waals surface area contributed by atoms with Crippen LogP contribution >= 0.6 is 0 Å². The maximum Gasteiger partial charge on any atom is 0.258 e. The van der Waals surface area contributed by atoms with E-state index >= 15 is 0 Å². The average molecular weight is 203 g/mol. The Morgan fingerprint density at radius 1 is 1.40 bits per heavy atom. The molecule has 0 aliphatic rings. The SMILES string of the molecule is CCn1ccc2cc(NN)ccc2c1=O. The zero-order valence-corrected chi connectivity index (χ0v) is 8.53. The van der Waals surface area contributed by atoms with Crippen LogP contribution in [0, 0.1) is 0 Å². The number of anilines is 1. The minimum Gasteiger partial charge on any atom is -0.324 e. The lowest BCUT2D eigenvalue weighted by atomic mass is 10.1. The van der Waals surface area contributed by atoms with Gasteiger partial charge in [0.05, 0.1) is 0 Å². The van der Waals surface area contributed by atoms with Gasteiger partial charge in [-0.05, 0) is 36.6 Å². The molecule has 1 heterocycles. The van der Waals surface area contributed by atoms with E-state index in [1.165, 1.54) is 0 Å². The number of nitrogens with zero attached hydrogens (tertiary/aromatic N) is 1. The van der Waals surface area contributed by atoms with Crippen LogP contribution in [0.5, 0.6) is 0 Å². The molecule has 0 spiro atoms. The summed E-state index contributed by atoms with van der Waals surface area (Å²) in [7, 11) is 0. The molecule has 2 rings (SSSR count). The van der Waals surface area contributed by atoms with Crippen molar-refractivity contribution >= 4 is 16.5 Å². The number of nitrogens with two attached hydrogens (primary N) is 1. The number of rotatable bonds is 2. The summed E-state index contributed by atoms with van der Waals surface area (Å²) in [5.74, 6) is 5.30. The number of nitrogen functional groups attached to an aromatic ring is 1. The van der Waals surface area contributed by atoms with Gasteiger partial charge in [-0.15, -0.1) is 0 Å². The van der Waals surface area contributed by atoms with E-state index < -0.39 is 0 Å². The average Bonchev–Trinajstić information content (AvgIpc) is 2.29. The lowest BCUT2D eigenvalue weighted by Crippen LogP contribution is -2.18. The lowest BCUT2D eigenvalue weighted by molar-refractivity contribution is 0.735. The summed E-state index contributed by atoms with van der Waals surface area (Å²) in [4.78, 5) is 11.9. The highest BCUT2D eigenvalue weighted by atomic mass is 16.1. The Hall–Kier alpha value is -1.81. The summed E-state index contributed by atoms with van der Waals surface area (Å²) in [5, 5.41) is 1.62. The molecule has 0 saturated heterocycles. The van der Waals surface area contributed by atoms with E-state index in [1.54, 1.807) is 22.9 Å². The molecule has 0 bridgehead atoms. The molecule has 1 aromatic carbocycles. The molecule has 1 aromatic heterocycles. The smallest absolute Gasteiger partial charge is 0.258 e. The fraction of sp³-hybridized carbons (Fsp3) is 0.182. The van der Waals surface area contributed by atoms with Crippen LogP contribution in [0.4, 0.5) is 5.69 Å². The number of hydrazine groups is 1. The normalized spacial score (nSPS) is 10.5. The molecule has 4 nitrogen and oxygen atoms in total. The fourth-order valence-corrected chi connectivity index (χ4v) is 1.63. The van der Waals surface area contributed by atoms with Crippen molar-refractivity contribution in [3.05, 3.63) is 40.8 Å². The van der Waals surface area contributed by atoms with Gasteiger partial charge in [0.1, 0.15) is 0 Å². The largest absolute Gasteiger partial charge is 0.324 e. The third-order valence-corrected chi connectivity index (χ3v) is 2.48. The number of aromatic nitrogens is 1. The number of fused-ring (bicyclic) bond motifs is 1. The zero-order chi connectivity index (χ0) is 10.8. The van der Waals surface area contributed by atoms with Gasteiger partial charge in [0.2, 0.25) is 0 Å². The molecule has 78 valence electrons. The summed E-state index contributed by atoms with van der Waals surface area (Å²) in [6.45, 7) is 2.63. The van der Waals surface area contributed by atoms with Crippen LogP contribution in [0.2, 0.25) is 0 Å². The number of pyridine rings is 1. The second kappa shape index (κ2) is 3.74. The molecule has 2 aromatic rings. The summed E-state index contributed by atoms with van der Waals surface area (Å²) >= 11 is 0. The highest BCUT2D eigenvalue weighted by molar-refractivity contribution is 5.84. The first-order valence-electron chi connectivity index (χ1n) is 4.86. The fourth-order valence-electron chi connectivity index (χ4n) is 1.63. The third kappa shape index (κ3) is 1.59. The minimum absolute atomic E-state index is 0.0403. The molecule has 0 amide bonds. The first kappa shape index (κ1) is 9.73. The van der Waals surface area contributed by atoms with Gasteiger partial charge in [0.15, 0.2) is 0 Å². The predicted molar refractivity (Wildman–Crippen MR) is 61.7 cm³/mol. The van der Waals surface area contributed by atoms with Crippen molar-refractivity contribution in [2.45, 2.75) is 13.5 Å². The Bertz CT molecular complexity index is 545. The van der Waals surface area contributed by atoms with E-state index in [2.05, 4.69) is 5.43 Å². The van der Waals surface area contributed by atoms with Gasteiger partial charge in [-0.1, -0.05) is 0 Å². The van der Waals surface area contributed by atoms with Gasteiger partial charge >= 0.3 is 0 Å². The maximum atomic E-state index is 11.9. The van der Waals surface area contributed by atoms with Crippen LogP contribution in [0.3, 0.4) is 0 Å². The van der Waals surface area contributed by atoms with Crippen LogP contribution in [-0.2, 0) is 6.54 Å². The first-order chi connectivity index (χ1) is 7.26. The molecular weight excluding hydrogens is 190 g/mol. The molecule has 0 radical (unpaired) electrons. The quantitative estimate of drug-likeness (QED) is 0.571. The minimum atomic E-state index is 0.0403. The van der Waals surface area contributed by atoms with Gasteiger partial charge in [-0.25, -0.2) is 0 Å². The van der Waals surface area contributed by atoms with Crippen molar-refractivity contribution in [1.82, 2.24) is 4.57 Å². The molecule has 0 saturated carbocycles. The maximum absolute atomic E-state index is 11.9. The second-order valence-electron chi connectivity index (χ2n) is 3.35. The van der Waals surface area contributed by atoms with Crippen LogP contribution in [0.1, 0.15) is 6.92 Å². The lowest BCUT2D eigenvalue weighted by Gasteiger charge is -2.05. The Morgan fingerprint density at radius 3 is 2.87 bits per heavy atom. The second-order valence-corrected chi connectivity index (χ2v) is 3.35. The Labute approximate surface area is 87.3 Å². The van der Waals surface area contributed by atoms with Crippen LogP contribution in [0.15, 0.2) is 35.3 Å². The van der Waals surface area contributed by atoms with Gasteiger partial charge in [0.25, 0.3) is 5.56 Å². The summed E-state index contributed by atoms with van der Waals surface area (Å²) in [5.41, 5.74) is 3.40. The molecule has 4 heteroatoms. The van der Waals surface area contributed by atoms with Crippen molar-refractivity contribution in [3.8, 4) is 0 Å². The van der Waals surface area contributed by atoms with Crippen LogP contribution < -0.4 is 16.8 Å². The standard InChI is InChI=1S/C11H13N3O/c1-2-14-6-5-8-7-9(13-12)3-4-10(8)11(14)15/h3-7,13H,2,12H2,1H3. The third-order valence-electron chi connectivity index (χ3n) is 2.48. The monoisotopic (exact) mass is 203 g/mol. The van der Waals surface area contributed by atoms with E-state index in [-0.39, 0.29) is 5.56 Å². The highest BCUT2D eigenvalue weighted by Crippen LogP contribution is 2.15. The molecule has 15 heavy (non-hydrogen) atoms. The topological polar surface area (TPSA) is 60.1 Å². The Morgan fingerprint density at radius 2 is 2.20 bits per heavy atom. The highest BCUT2D eigenvalue weighted by Gasteiger charge is 2.01. The Balaban J connectivity index is 2.74. The van der Waals surface area contributed by atoms with Crippen molar-refractivity contribution < 1.29 is 0 Å². The molecule has 0 unspecified atom stereocenters. The number of hydrogen-bond acceptors (Lipinski definition) is 3. The number of aryl methyl sites for hydroxylation is 1.